The van der Waals surface area contributed by atoms with Gasteiger partial charge in [-0.3, -0.25) is 9.78 Å². The number of pyridine rings is 1. The third-order valence-corrected chi connectivity index (χ3v) is 3.17. The lowest BCUT2D eigenvalue weighted by Crippen LogP contribution is -2.34. The zero-order valence-electron chi connectivity index (χ0n) is 11.5. The summed E-state index contributed by atoms with van der Waals surface area (Å²) in [5.41, 5.74) is 4.18. The van der Waals surface area contributed by atoms with Crippen LogP contribution < -0.4 is 10.7 Å². The van der Waals surface area contributed by atoms with E-state index in [1.54, 1.807) is 31.6 Å². The van der Waals surface area contributed by atoms with Gasteiger partial charge in [0.15, 0.2) is 0 Å². The van der Waals surface area contributed by atoms with Gasteiger partial charge in [0.05, 0.1) is 6.21 Å². The maximum Gasteiger partial charge on any atom is 0.262 e. The molecule has 1 amide bonds. The maximum atomic E-state index is 11.9. The molecule has 0 spiro atoms. The molecule has 0 fully saturated rings. The Labute approximate surface area is 131 Å². The van der Waals surface area contributed by atoms with Crippen LogP contribution in [0.25, 0.3) is 0 Å². The Hall–Kier alpha value is -2.21. The second kappa shape index (κ2) is 7.54. The lowest BCUT2D eigenvalue weighted by Gasteiger charge is -2.13. The predicted molar refractivity (Wildman–Crippen MR) is 87.2 cm³/mol. The summed E-state index contributed by atoms with van der Waals surface area (Å²) in [4.78, 5) is 15.9. The van der Waals surface area contributed by atoms with Crippen LogP contribution in [0.2, 0.25) is 0 Å². The quantitative estimate of drug-likeness (QED) is 0.646. The molecular formula is C15H15BrN4O. The van der Waals surface area contributed by atoms with Gasteiger partial charge in [-0.2, -0.15) is 5.10 Å². The Kier molecular flexibility index (Phi) is 5.45. The molecule has 5 nitrogen and oxygen atoms in total. The van der Waals surface area contributed by atoms with Gasteiger partial charge in [0, 0.05) is 28.1 Å². The van der Waals surface area contributed by atoms with E-state index in [0.29, 0.717) is 0 Å². The van der Waals surface area contributed by atoms with Crippen LogP contribution in [0, 0.1) is 0 Å². The number of hydrogen-bond donors (Lipinski definition) is 2. The van der Waals surface area contributed by atoms with Crippen molar-refractivity contribution in [3.8, 4) is 0 Å². The first-order valence-corrected chi connectivity index (χ1v) is 7.19. The molecule has 0 aliphatic rings. The fraction of sp³-hybridized carbons (Fsp3) is 0.133. The average molecular weight is 347 g/mol. The summed E-state index contributed by atoms with van der Waals surface area (Å²) in [6, 6.07) is 10.9. The summed E-state index contributed by atoms with van der Waals surface area (Å²) in [5, 5.41) is 7.01. The molecule has 2 aromatic rings. The highest BCUT2D eigenvalue weighted by atomic mass is 79.9. The first-order chi connectivity index (χ1) is 10.1. The third-order valence-electron chi connectivity index (χ3n) is 2.67. The minimum Gasteiger partial charge on any atom is -0.374 e. The largest absolute Gasteiger partial charge is 0.374 e. The van der Waals surface area contributed by atoms with Gasteiger partial charge in [-0.15, -0.1) is 0 Å². The highest BCUT2D eigenvalue weighted by Gasteiger charge is 2.11. The van der Waals surface area contributed by atoms with Crippen LogP contribution in [-0.4, -0.2) is 23.1 Å². The summed E-state index contributed by atoms with van der Waals surface area (Å²) in [5.74, 6) is -0.213. The molecule has 0 bridgehead atoms. The molecule has 0 saturated heterocycles. The number of anilines is 1. The van der Waals surface area contributed by atoms with E-state index in [1.165, 1.54) is 0 Å². The van der Waals surface area contributed by atoms with Crippen LogP contribution >= 0.6 is 15.9 Å². The molecule has 0 radical (unpaired) electrons. The monoisotopic (exact) mass is 346 g/mol. The Morgan fingerprint density at radius 1 is 1.38 bits per heavy atom. The fourth-order valence-corrected chi connectivity index (χ4v) is 2.01. The zero-order valence-corrected chi connectivity index (χ0v) is 13.0. The first-order valence-electron chi connectivity index (χ1n) is 6.40. The Balaban J connectivity index is 1.87. The molecule has 0 unspecified atom stereocenters. The summed E-state index contributed by atoms with van der Waals surface area (Å²) < 4.78 is 0.953. The van der Waals surface area contributed by atoms with Crippen LogP contribution in [0.3, 0.4) is 0 Å². The molecule has 1 aromatic carbocycles. The Morgan fingerprint density at radius 3 is 2.95 bits per heavy atom. The van der Waals surface area contributed by atoms with Crippen molar-refractivity contribution in [1.29, 1.82) is 0 Å². The van der Waals surface area contributed by atoms with E-state index in [2.05, 4.69) is 36.8 Å². The molecule has 0 aliphatic heterocycles. The van der Waals surface area contributed by atoms with E-state index >= 15 is 0 Å². The minimum atomic E-state index is -0.398. The van der Waals surface area contributed by atoms with Crippen molar-refractivity contribution < 1.29 is 4.79 Å². The first kappa shape index (κ1) is 15.2. The number of nitrogens with one attached hydrogen (secondary N) is 2. The van der Waals surface area contributed by atoms with E-state index in [9.17, 15) is 4.79 Å². The number of carbonyl (C=O) groups excluding carboxylic acids is 1. The number of amides is 1. The number of nitrogens with zero attached hydrogens (tertiary/aromatic N) is 2. The van der Waals surface area contributed by atoms with E-state index in [0.717, 1.165) is 15.7 Å². The molecule has 21 heavy (non-hydrogen) atoms. The third kappa shape index (κ3) is 5.00. The lowest BCUT2D eigenvalue weighted by molar-refractivity contribution is -0.121. The minimum absolute atomic E-state index is 0.213. The van der Waals surface area contributed by atoms with Crippen LogP contribution in [0.4, 0.5) is 5.69 Å². The normalized spacial score (nSPS) is 12.1. The van der Waals surface area contributed by atoms with Crippen molar-refractivity contribution in [2.24, 2.45) is 5.10 Å². The number of rotatable bonds is 5. The van der Waals surface area contributed by atoms with E-state index in [-0.39, 0.29) is 5.91 Å². The molecule has 108 valence electrons. The summed E-state index contributed by atoms with van der Waals surface area (Å²) in [6.07, 6.45) is 4.90. The number of halogens is 1. The SMILES string of the molecule is C[C@H](Nc1cccc(Br)c1)C(=O)N/N=C\c1cccnc1. The molecule has 1 atom stereocenters. The second-order valence-electron chi connectivity index (χ2n) is 4.40. The maximum absolute atomic E-state index is 11.9. The van der Waals surface area contributed by atoms with E-state index in [1.807, 2.05) is 30.3 Å². The Bertz CT molecular complexity index is 631. The predicted octanol–water partition coefficient (Wildman–Crippen LogP) is 2.79. The van der Waals surface area contributed by atoms with Crippen molar-refractivity contribution in [3.63, 3.8) is 0 Å². The number of carbonyl (C=O) groups is 1. The van der Waals surface area contributed by atoms with Crippen LogP contribution in [0.5, 0.6) is 0 Å². The van der Waals surface area contributed by atoms with Crippen molar-refractivity contribution in [3.05, 3.63) is 58.8 Å². The van der Waals surface area contributed by atoms with E-state index in [4.69, 9.17) is 0 Å². The number of benzene rings is 1. The van der Waals surface area contributed by atoms with Gasteiger partial charge in [0.2, 0.25) is 0 Å². The molecule has 1 aromatic heterocycles. The second-order valence-corrected chi connectivity index (χ2v) is 5.31. The van der Waals surface area contributed by atoms with Gasteiger partial charge in [0.1, 0.15) is 6.04 Å². The summed E-state index contributed by atoms with van der Waals surface area (Å²) >= 11 is 3.39. The topological polar surface area (TPSA) is 66.4 Å². The van der Waals surface area contributed by atoms with Crippen molar-refractivity contribution >= 4 is 33.7 Å². The van der Waals surface area contributed by atoms with Gasteiger partial charge in [-0.25, -0.2) is 5.43 Å². The molecule has 0 saturated carbocycles. The summed E-state index contributed by atoms with van der Waals surface area (Å²) in [7, 11) is 0. The summed E-state index contributed by atoms with van der Waals surface area (Å²) in [6.45, 7) is 1.77. The van der Waals surface area contributed by atoms with Gasteiger partial charge in [-0.1, -0.05) is 28.1 Å². The standard InChI is InChI=1S/C15H15BrN4O/c1-11(19-14-6-2-5-13(16)8-14)15(21)20-18-10-12-4-3-7-17-9-12/h2-11,19H,1H3,(H,20,21)/b18-10-/t11-/m0/s1. The number of aromatic nitrogens is 1. The molecular weight excluding hydrogens is 332 g/mol. The molecule has 0 aliphatic carbocycles. The van der Waals surface area contributed by atoms with E-state index < -0.39 is 6.04 Å². The van der Waals surface area contributed by atoms with Crippen molar-refractivity contribution in [2.45, 2.75) is 13.0 Å². The van der Waals surface area contributed by atoms with Crippen LogP contribution in [0.1, 0.15) is 12.5 Å². The van der Waals surface area contributed by atoms with Gasteiger partial charge < -0.3 is 5.32 Å². The van der Waals surface area contributed by atoms with Gasteiger partial charge >= 0.3 is 0 Å². The molecule has 2 N–H and O–H groups in total. The number of hydrazone groups is 1. The lowest BCUT2D eigenvalue weighted by atomic mass is 10.2. The van der Waals surface area contributed by atoms with Gasteiger partial charge in [0.25, 0.3) is 5.91 Å². The molecule has 6 heteroatoms. The number of hydrogen-bond acceptors (Lipinski definition) is 4. The molecule has 2 rings (SSSR count). The van der Waals surface area contributed by atoms with Crippen molar-refractivity contribution in [1.82, 2.24) is 10.4 Å². The Morgan fingerprint density at radius 2 is 2.24 bits per heavy atom. The molecule has 1 heterocycles. The fourth-order valence-electron chi connectivity index (χ4n) is 1.61. The highest BCUT2D eigenvalue weighted by molar-refractivity contribution is 9.10. The van der Waals surface area contributed by atoms with Crippen LogP contribution in [0.15, 0.2) is 58.4 Å². The zero-order chi connectivity index (χ0) is 15.1. The van der Waals surface area contributed by atoms with Crippen molar-refractivity contribution in [2.75, 3.05) is 5.32 Å². The van der Waals surface area contributed by atoms with Gasteiger partial charge in [-0.05, 0) is 31.2 Å². The smallest absolute Gasteiger partial charge is 0.262 e. The highest BCUT2D eigenvalue weighted by Crippen LogP contribution is 2.16. The van der Waals surface area contributed by atoms with Crippen LogP contribution in [-0.2, 0) is 4.79 Å². The average Bonchev–Trinajstić information content (AvgIpc) is 2.48.